The number of carboxylic acid groups (broad SMARTS) is 1. The third-order valence-corrected chi connectivity index (χ3v) is 7.18. The van der Waals surface area contributed by atoms with Crippen LogP contribution in [0.3, 0.4) is 0 Å². The quantitative estimate of drug-likeness (QED) is 0.155. The highest BCUT2D eigenvalue weighted by molar-refractivity contribution is 5.69. The summed E-state index contributed by atoms with van der Waals surface area (Å²) in [6, 6.07) is 0. The van der Waals surface area contributed by atoms with Gasteiger partial charge in [0.15, 0.2) is 0 Å². The van der Waals surface area contributed by atoms with E-state index in [1.165, 1.54) is 4.90 Å². The zero-order valence-electron chi connectivity index (χ0n) is 26.4. The van der Waals surface area contributed by atoms with Crippen molar-refractivity contribution < 1.29 is 29.0 Å². The minimum absolute atomic E-state index is 0.326. The van der Waals surface area contributed by atoms with Gasteiger partial charge in [-0.15, -0.1) is 0 Å². The van der Waals surface area contributed by atoms with Gasteiger partial charge in [0.2, 0.25) is 0 Å². The smallest absolute Gasteiger partial charge is 0.408 e. The van der Waals surface area contributed by atoms with Gasteiger partial charge < -0.3 is 35.4 Å². The number of nitrogens with one attached hydrogen (secondary N) is 3. The van der Waals surface area contributed by atoms with Gasteiger partial charge in [0.1, 0.15) is 11.2 Å². The predicted molar refractivity (Wildman–Crippen MR) is 156 cm³/mol. The molecule has 0 aliphatic rings. The zero-order valence-corrected chi connectivity index (χ0v) is 26.4. The number of hydrogen-bond acceptors (Lipinski definition) is 6. The lowest BCUT2D eigenvalue weighted by Gasteiger charge is -2.35. The molecular weight excluding hydrogens is 500 g/mol. The first-order valence-electron chi connectivity index (χ1n) is 14.7. The Morgan fingerprint density at radius 1 is 0.667 bits per heavy atom. The van der Waals surface area contributed by atoms with Crippen molar-refractivity contribution >= 4 is 18.3 Å². The van der Waals surface area contributed by atoms with Gasteiger partial charge in [-0.2, -0.15) is 0 Å². The molecule has 0 spiro atoms. The van der Waals surface area contributed by atoms with Crippen molar-refractivity contribution in [2.24, 2.45) is 0 Å². The molecule has 0 aliphatic carbocycles. The van der Waals surface area contributed by atoms with Gasteiger partial charge in [-0.25, -0.2) is 14.4 Å². The molecule has 0 aromatic rings. The van der Waals surface area contributed by atoms with Crippen LogP contribution >= 0.6 is 0 Å². The molecule has 39 heavy (non-hydrogen) atoms. The zero-order chi connectivity index (χ0) is 30.3. The summed E-state index contributed by atoms with van der Waals surface area (Å²) >= 11 is 0. The van der Waals surface area contributed by atoms with Gasteiger partial charge in [0, 0.05) is 24.2 Å². The first kappa shape index (κ1) is 36.8. The van der Waals surface area contributed by atoms with Gasteiger partial charge in [-0.3, -0.25) is 0 Å². The third-order valence-electron chi connectivity index (χ3n) is 7.18. The first-order valence-corrected chi connectivity index (χ1v) is 14.7. The summed E-state index contributed by atoms with van der Waals surface area (Å²) in [7, 11) is 0. The van der Waals surface area contributed by atoms with Gasteiger partial charge in [-0.1, -0.05) is 27.7 Å². The summed E-state index contributed by atoms with van der Waals surface area (Å²) in [6.45, 7) is 21.4. The minimum atomic E-state index is -0.953. The Morgan fingerprint density at radius 2 is 1.10 bits per heavy atom. The van der Waals surface area contributed by atoms with Crippen molar-refractivity contribution in [1.29, 1.82) is 0 Å². The summed E-state index contributed by atoms with van der Waals surface area (Å²) < 4.78 is 10.9. The van der Waals surface area contributed by atoms with Gasteiger partial charge in [-0.05, 0) is 106 Å². The molecule has 0 atom stereocenters. The molecule has 10 nitrogen and oxygen atoms in total. The lowest BCUT2D eigenvalue weighted by atomic mass is 9.89. The minimum Gasteiger partial charge on any atom is -0.465 e. The van der Waals surface area contributed by atoms with Crippen LogP contribution in [0.5, 0.6) is 0 Å². The van der Waals surface area contributed by atoms with E-state index in [4.69, 9.17) is 9.47 Å². The predicted octanol–water partition coefficient (Wildman–Crippen LogP) is 6.28. The van der Waals surface area contributed by atoms with Gasteiger partial charge in [0.25, 0.3) is 0 Å². The Morgan fingerprint density at radius 3 is 1.49 bits per heavy atom. The normalized spacial score (nSPS) is 12.6. The fourth-order valence-electron chi connectivity index (χ4n) is 4.38. The van der Waals surface area contributed by atoms with Crippen LogP contribution in [0.1, 0.15) is 121 Å². The Bertz CT molecular complexity index is 737. The fourth-order valence-corrected chi connectivity index (χ4v) is 4.38. The van der Waals surface area contributed by atoms with Crippen LogP contribution < -0.4 is 16.0 Å². The molecule has 0 bridgehead atoms. The maximum absolute atomic E-state index is 12.4. The number of carbonyl (C=O) groups excluding carboxylic acids is 2. The molecule has 4 N–H and O–H groups in total. The molecule has 0 saturated heterocycles. The average Bonchev–Trinajstić information content (AvgIpc) is 2.81. The number of carbonyl (C=O) groups is 3. The standard InChI is InChI=1S/C29H58N4O6/c1-11-28(12-2,31-23(34)38-26(5,6)7)17-20-30-19-15-16-21-33(25(36)37)22-18-29(13-3,14-4)32-24(35)39-27(8,9)10/h30H,11-22H2,1-10H3,(H,31,34)(H,32,35)(H,36,37). The van der Waals surface area contributed by atoms with E-state index < -0.39 is 35.0 Å². The highest BCUT2D eigenvalue weighted by Gasteiger charge is 2.32. The van der Waals surface area contributed by atoms with E-state index in [0.29, 0.717) is 32.4 Å². The van der Waals surface area contributed by atoms with Gasteiger partial charge in [0.05, 0.1) is 0 Å². The Kier molecular flexibility index (Phi) is 15.8. The number of ether oxygens (including phenoxy) is 2. The summed E-state index contributed by atoms with van der Waals surface area (Å²) in [5.41, 5.74) is -1.98. The maximum Gasteiger partial charge on any atom is 0.408 e. The molecule has 0 rings (SSSR count). The highest BCUT2D eigenvalue weighted by Crippen LogP contribution is 2.23. The number of amides is 3. The number of nitrogens with zero attached hydrogens (tertiary/aromatic N) is 1. The first-order chi connectivity index (χ1) is 18.0. The van der Waals surface area contributed by atoms with E-state index >= 15 is 0 Å². The van der Waals surface area contributed by atoms with Gasteiger partial charge >= 0.3 is 18.3 Å². The largest absolute Gasteiger partial charge is 0.465 e. The van der Waals surface area contributed by atoms with E-state index in [0.717, 1.165) is 45.2 Å². The summed E-state index contributed by atoms with van der Waals surface area (Å²) in [5, 5.41) is 19.2. The Hall–Kier alpha value is -2.23. The second kappa shape index (κ2) is 16.8. The van der Waals surface area contributed by atoms with E-state index in [1.807, 2.05) is 55.4 Å². The van der Waals surface area contributed by atoms with Crippen molar-refractivity contribution in [2.75, 3.05) is 26.2 Å². The molecular formula is C29H58N4O6. The number of rotatable bonds is 17. The molecule has 3 amide bonds. The van der Waals surface area contributed by atoms with Crippen molar-refractivity contribution in [3.8, 4) is 0 Å². The molecule has 10 heteroatoms. The molecule has 0 saturated carbocycles. The van der Waals surface area contributed by atoms with Crippen molar-refractivity contribution in [3.05, 3.63) is 0 Å². The Labute approximate surface area is 237 Å². The fraction of sp³-hybridized carbons (Fsp3) is 0.897. The van der Waals surface area contributed by atoms with E-state index in [2.05, 4.69) is 29.8 Å². The molecule has 0 aromatic heterocycles. The SMILES string of the molecule is CCC(CC)(CCNCCCCN(CCC(CC)(CC)NC(=O)OC(C)(C)C)C(=O)O)NC(=O)OC(C)(C)C. The van der Waals surface area contributed by atoms with Crippen LogP contribution in [-0.2, 0) is 9.47 Å². The number of unbranched alkanes of at least 4 members (excludes halogenated alkanes) is 1. The lowest BCUT2D eigenvalue weighted by molar-refractivity contribution is 0.0422. The van der Waals surface area contributed by atoms with Crippen LogP contribution in [0.2, 0.25) is 0 Å². The number of hydrogen-bond donors (Lipinski definition) is 4. The highest BCUT2D eigenvalue weighted by atomic mass is 16.6. The molecule has 0 aromatic carbocycles. The van der Waals surface area contributed by atoms with Crippen molar-refractivity contribution in [3.63, 3.8) is 0 Å². The molecule has 0 heterocycles. The third kappa shape index (κ3) is 15.8. The monoisotopic (exact) mass is 558 g/mol. The van der Waals surface area contributed by atoms with Crippen LogP contribution in [0.4, 0.5) is 14.4 Å². The lowest BCUT2D eigenvalue weighted by Crippen LogP contribution is -2.51. The number of alkyl carbamates (subject to hydrolysis) is 2. The molecule has 230 valence electrons. The van der Waals surface area contributed by atoms with Crippen LogP contribution in [0.25, 0.3) is 0 Å². The van der Waals surface area contributed by atoms with Crippen LogP contribution in [-0.4, -0.2) is 76.7 Å². The topological polar surface area (TPSA) is 129 Å². The van der Waals surface area contributed by atoms with E-state index in [1.54, 1.807) is 0 Å². The molecule has 0 fully saturated rings. The maximum atomic E-state index is 12.4. The molecule has 0 unspecified atom stereocenters. The second-order valence-electron chi connectivity index (χ2n) is 12.5. The van der Waals surface area contributed by atoms with Crippen LogP contribution in [0.15, 0.2) is 0 Å². The second-order valence-corrected chi connectivity index (χ2v) is 12.5. The van der Waals surface area contributed by atoms with Crippen LogP contribution in [0, 0.1) is 0 Å². The molecule has 0 radical (unpaired) electrons. The summed E-state index contributed by atoms with van der Waals surface area (Å²) in [6.07, 6.45) is 4.00. The van der Waals surface area contributed by atoms with Crippen molar-refractivity contribution in [1.82, 2.24) is 20.9 Å². The van der Waals surface area contributed by atoms with Crippen molar-refractivity contribution in [2.45, 2.75) is 143 Å². The molecule has 0 aliphatic heterocycles. The van der Waals surface area contributed by atoms with E-state index in [-0.39, 0.29) is 5.54 Å². The van der Waals surface area contributed by atoms with E-state index in [9.17, 15) is 19.5 Å². The summed E-state index contributed by atoms with van der Waals surface area (Å²) in [5.74, 6) is 0. The Balaban J connectivity index is 4.66. The summed E-state index contributed by atoms with van der Waals surface area (Å²) in [4.78, 5) is 38.0. The average molecular weight is 559 g/mol.